The molecule has 4 nitrogen and oxygen atoms in total. The molecule has 1 unspecified atom stereocenters. The van der Waals surface area contributed by atoms with E-state index in [-0.39, 0.29) is 6.04 Å². The van der Waals surface area contributed by atoms with E-state index in [1.54, 1.807) is 11.3 Å². The highest BCUT2D eigenvalue weighted by molar-refractivity contribution is 7.13. The standard InChI is InChI=1S/C17H13N4S/c1-2-5-15(6-3-1)21-12-16(19-20-21)13-9-14(11-18-10-13)17-7-4-8-22-17/h1-12,16H/q+1. The average molecular weight is 305 g/mol. The van der Waals surface area contributed by atoms with Gasteiger partial charge in [0.1, 0.15) is 5.22 Å². The molecular weight excluding hydrogens is 292 g/mol. The lowest BCUT2D eigenvalue weighted by molar-refractivity contribution is -0.444. The van der Waals surface area contributed by atoms with Crippen LogP contribution in [0.15, 0.2) is 76.6 Å². The van der Waals surface area contributed by atoms with E-state index in [4.69, 9.17) is 0 Å². The SMILES string of the molecule is C1=[N+](c2ccccc2)N=NC1c1cncc(-c2cccs2)c1. The van der Waals surface area contributed by atoms with Gasteiger partial charge in [0.2, 0.25) is 6.04 Å². The lowest BCUT2D eigenvalue weighted by Gasteiger charge is -2.00. The van der Waals surface area contributed by atoms with Crippen molar-refractivity contribution in [3.8, 4) is 10.4 Å². The number of hydrogen-bond acceptors (Lipinski definition) is 4. The third-order valence-electron chi connectivity index (χ3n) is 3.48. The Morgan fingerprint density at radius 1 is 1.00 bits per heavy atom. The first-order chi connectivity index (χ1) is 10.9. The second kappa shape index (κ2) is 5.61. The van der Waals surface area contributed by atoms with Crippen LogP contribution < -0.4 is 0 Å². The minimum absolute atomic E-state index is 0.0902. The van der Waals surface area contributed by atoms with Gasteiger partial charge in [-0.05, 0) is 29.6 Å². The van der Waals surface area contributed by atoms with Crippen LogP contribution in [-0.4, -0.2) is 15.9 Å². The summed E-state index contributed by atoms with van der Waals surface area (Å²) >= 11 is 1.71. The molecule has 0 spiro atoms. The third kappa shape index (κ3) is 2.46. The summed E-state index contributed by atoms with van der Waals surface area (Å²) in [6.45, 7) is 0. The predicted octanol–water partition coefficient (Wildman–Crippen LogP) is 4.65. The number of hydrogen-bond donors (Lipinski definition) is 0. The zero-order valence-corrected chi connectivity index (χ0v) is 12.5. The van der Waals surface area contributed by atoms with Crippen LogP contribution in [0, 0.1) is 0 Å². The quantitative estimate of drug-likeness (QED) is 0.649. The molecule has 1 atom stereocenters. The van der Waals surface area contributed by atoms with Gasteiger partial charge in [0.15, 0.2) is 11.9 Å². The van der Waals surface area contributed by atoms with Gasteiger partial charge in [-0.15, -0.1) is 16.0 Å². The minimum atomic E-state index is -0.0902. The minimum Gasteiger partial charge on any atom is -0.264 e. The molecule has 0 saturated carbocycles. The van der Waals surface area contributed by atoms with Crippen molar-refractivity contribution in [1.29, 1.82) is 0 Å². The van der Waals surface area contributed by atoms with Gasteiger partial charge in [0.25, 0.3) is 0 Å². The number of rotatable bonds is 3. The lowest BCUT2D eigenvalue weighted by atomic mass is 10.1. The molecule has 0 aliphatic carbocycles. The van der Waals surface area contributed by atoms with E-state index in [1.165, 1.54) is 4.88 Å². The first kappa shape index (κ1) is 13.0. The summed E-state index contributed by atoms with van der Waals surface area (Å²) in [6.07, 6.45) is 5.74. The number of thiophene rings is 1. The molecule has 0 radical (unpaired) electrons. The average Bonchev–Trinajstić information content (AvgIpc) is 3.28. The Morgan fingerprint density at radius 2 is 1.91 bits per heavy atom. The van der Waals surface area contributed by atoms with E-state index < -0.39 is 0 Å². The van der Waals surface area contributed by atoms with Crippen LogP contribution >= 0.6 is 11.3 Å². The largest absolute Gasteiger partial charge is 0.264 e. The van der Waals surface area contributed by atoms with Crippen LogP contribution in [0.4, 0.5) is 5.69 Å². The molecule has 1 aliphatic rings. The lowest BCUT2D eigenvalue weighted by Crippen LogP contribution is -2.00. The zero-order chi connectivity index (χ0) is 14.8. The molecule has 0 saturated heterocycles. The van der Waals surface area contributed by atoms with E-state index in [0.717, 1.165) is 16.8 Å². The Kier molecular flexibility index (Phi) is 3.33. The second-order valence-electron chi connectivity index (χ2n) is 4.96. The van der Waals surface area contributed by atoms with Gasteiger partial charge in [-0.1, -0.05) is 24.3 Å². The fourth-order valence-electron chi connectivity index (χ4n) is 2.37. The summed E-state index contributed by atoms with van der Waals surface area (Å²) in [5, 5.41) is 10.6. The highest BCUT2D eigenvalue weighted by atomic mass is 32.1. The highest BCUT2D eigenvalue weighted by Gasteiger charge is 2.25. The Hall–Kier alpha value is -2.66. The number of aromatic nitrogens is 1. The van der Waals surface area contributed by atoms with Crippen LogP contribution in [0.1, 0.15) is 11.6 Å². The maximum absolute atomic E-state index is 4.35. The monoisotopic (exact) mass is 305 g/mol. The molecule has 3 heterocycles. The molecule has 0 bridgehead atoms. The van der Waals surface area contributed by atoms with E-state index >= 15 is 0 Å². The van der Waals surface area contributed by atoms with Crippen molar-refractivity contribution < 1.29 is 4.68 Å². The molecule has 4 rings (SSSR count). The number of para-hydroxylation sites is 1. The van der Waals surface area contributed by atoms with Gasteiger partial charge in [0.05, 0.1) is 0 Å². The van der Waals surface area contributed by atoms with Crippen molar-refractivity contribution in [3.05, 3.63) is 71.9 Å². The van der Waals surface area contributed by atoms with Crippen LogP contribution in [0.2, 0.25) is 0 Å². The summed E-state index contributed by atoms with van der Waals surface area (Å²) in [7, 11) is 0. The number of benzene rings is 1. The molecule has 3 aromatic rings. The second-order valence-corrected chi connectivity index (χ2v) is 5.91. The highest BCUT2D eigenvalue weighted by Crippen LogP contribution is 2.28. The van der Waals surface area contributed by atoms with Crippen molar-refractivity contribution >= 4 is 23.2 Å². The van der Waals surface area contributed by atoms with E-state index in [2.05, 4.69) is 32.8 Å². The van der Waals surface area contributed by atoms with Crippen LogP contribution in [0.5, 0.6) is 0 Å². The summed E-state index contributed by atoms with van der Waals surface area (Å²) < 4.78 is 1.81. The number of pyridine rings is 1. The number of nitrogens with zero attached hydrogens (tertiary/aromatic N) is 4. The van der Waals surface area contributed by atoms with Crippen LogP contribution in [0.3, 0.4) is 0 Å². The molecule has 5 heteroatoms. The van der Waals surface area contributed by atoms with E-state index in [1.807, 2.05) is 59.7 Å². The summed E-state index contributed by atoms with van der Waals surface area (Å²) in [5.41, 5.74) is 3.18. The van der Waals surface area contributed by atoms with Gasteiger partial charge in [-0.3, -0.25) is 4.98 Å². The summed E-state index contributed by atoms with van der Waals surface area (Å²) in [5.74, 6) is 0. The summed E-state index contributed by atoms with van der Waals surface area (Å²) in [4.78, 5) is 5.56. The molecule has 0 N–H and O–H groups in total. The van der Waals surface area contributed by atoms with Gasteiger partial charge < -0.3 is 0 Å². The van der Waals surface area contributed by atoms with Gasteiger partial charge >= 0.3 is 0 Å². The van der Waals surface area contributed by atoms with Crippen molar-refractivity contribution in [2.75, 3.05) is 0 Å². The Morgan fingerprint density at radius 3 is 2.73 bits per heavy atom. The molecule has 22 heavy (non-hydrogen) atoms. The van der Waals surface area contributed by atoms with E-state index in [0.29, 0.717) is 0 Å². The van der Waals surface area contributed by atoms with Crippen molar-refractivity contribution in [2.24, 2.45) is 10.3 Å². The van der Waals surface area contributed by atoms with Gasteiger partial charge in [-0.25, -0.2) is 0 Å². The topological polar surface area (TPSA) is 40.6 Å². The smallest absolute Gasteiger partial charge is 0.249 e. The van der Waals surface area contributed by atoms with Crippen molar-refractivity contribution in [1.82, 2.24) is 4.98 Å². The fraction of sp³-hybridized carbons (Fsp3) is 0.0588. The maximum Gasteiger partial charge on any atom is 0.249 e. The molecule has 2 aromatic heterocycles. The first-order valence-electron chi connectivity index (χ1n) is 6.99. The van der Waals surface area contributed by atoms with Gasteiger partial charge in [-0.2, -0.15) is 0 Å². The third-order valence-corrected chi connectivity index (χ3v) is 4.40. The van der Waals surface area contributed by atoms with Crippen molar-refractivity contribution in [3.63, 3.8) is 0 Å². The predicted molar refractivity (Wildman–Crippen MR) is 87.6 cm³/mol. The Bertz CT molecular complexity index is 838. The zero-order valence-electron chi connectivity index (χ0n) is 11.7. The Labute approximate surface area is 132 Å². The summed E-state index contributed by atoms with van der Waals surface area (Å²) in [6, 6.07) is 16.2. The molecule has 0 fully saturated rings. The maximum atomic E-state index is 4.35. The van der Waals surface area contributed by atoms with Gasteiger partial charge in [0, 0.05) is 33.5 Å². The Balaban J connectivity index is 1.65. The van der Waals surface area contributed by atoms with Crippen molar-refractivity contribution in [2.45, 2.75) is 6.04 Å². The van der Waals surface area contributed by atoms with Crippen LogP contribution in [0.25, 0.3) is 10.4 Å². The molecular formula is C17H13N4S+. The fourth-order valence-corrected chi connectivity index (χ4v) is 3.08. The molecule has 106 valence electrons. The van der Waals surface area contributed by atoms with E-state index in [9.17, 15) is 0 Å². The normalized spacial score (nSPS) is 16.7. The molecule has 1 aromatic carbocycles. The van der Waals surface area contributed by atoms with Crippen LogP contribution in [-0.2, 0) is 0 Å². The first-order valence-corrected chi connectivity index (χ1v) is 7.87. The molecule has 1 aliphatic heterocycles. The molecule has 0 amide bonds.